The number of rotatable bonds is 2. The smallest absolute Gasteiger partial charge is 0.221 e. The van der Waals surface area contributed by atoms with Crippen LogP contribution >= 0.6 is 0 Å². The molecule has 80 valence electrons. The molecule has 4 N–H and O–H groups in total. The van der Waals surface area contributed by atoms with E-state index in [1.54, 1.807) is 12.1 Å². The maximum atomic E-state index is 11.9. The van der Waals surface area contributed by atoms with Gasteiger partial charge in [-0.15, -0.1) is 0 Å². The number of nitrogens with two attached hydrogens (primary N) is 2. The van der Waals surface area contributed by atoms with Gasteiger partial charge in [0.2, 0.25) is 5.95 Å². The van der Waals surface area contributed by atoms with Crippen LogP contribution in [0.5, 0.6) is 0 Å². The highest BCUT2D eigenvalue weighted by atomic mass is 16.1. The molecular formula is C10H9N5O. The van der Waals surface area contributed by atoms with Crippen molar-refractivity contribution in [1.29, 1.82) is 0 Å². The summed E-state index contributed by atoms with van der Waals surface area (Å²) in [5, 5.41) is 0. The molecule has 6 nitrogen and oxygen atoms in total. The summed E-state index contributed by atoms with van der Waals surface area (Å²) in [5.41, 5.74) is 11.7. The monoisotopic (exact) mass is 215 g/mol. The fraction of sp³-hybridized carbons (Fsp3) is 0. The average Bonchev–Trinajstić information content (AvgIpc) is 2.29. The number of pyridine rings is 1. The Morgan fingerprint density at radius 2 is 1.88 bits per heavy atom. The van der Waals surface area contributed by atoms with Crippen LogP contribution in [0, 0.1) is 0 Å². The third kappa shape index (κ3) is 1.81. The number of hydrogen-bond acceptors (Lipinski definition) is 6. The van der Waals surface area contributed by atoms with Gasteiger partial charge in [0.1, 0.15) is 5.82 Å². The zero-order valence-corrected chi connectivity index (χ0v) is 8.29. The van der Waals surface area contributed by atoms with E-state index in [1.807, 2.05) is 0 Å². The Bertz CT molecular complexity index is 526. The molecule has 0 bridgehead atoms. The molecule has 0 unspecified atom stereocenters. The molecule has 0 aliphatic carbocycles. The van der Waals surface area contributed by atoms with E-state index in [0.29, 0.717) is 5.56 Å². The number of nitrogen functional groups attached to an aromatic ring is 2. The molecule has 0 radical (unpaired) electrons. The topological polar surface area (TPSA) is 108 Å². The molecule has 0 saturated carbocycles. The molecule has 0 atom stereocenters. The van der Waals surface area contributed by atoms with Crippen LogP contribution in [0.3, 0.4) is 0 Å². The maximum absolute atomic E-state index is 11.9. The van der Waals surface area contributed by atoms with Gasteiger partial charge in [-0.1, -0.05) is 0 Å². The van der Waals surface area contributed by atoms with Crippen LogP contribution < -0.4 is 11.5 Å². The van der Waals surface area contributed by atoms with Gasteiger partial charge >= 0.3 is 0 Å². The highest BCUT2D eigenvalue weighted by Gasteiger charge is 2.13. The summed E-state index contributed by atoms with van der Waals surface area (Å²) >= 11 is 0. The lowest BCUT2D eigenvalue weighted by molar-refractivity contribution is 0.103. The first-order valence-electron chi connectivity index (χ1n) is 4.51. The lowest BCUT2D eigenvalue weighted by Gasteiger charge is -2.03. The lowest BCUT2D eigenvalue weighted by Crippen LogP contribution is -2.09. The summed E-state index contributed by atoms with van der Waals surface area (Å²) in [6, 6.07) is 3.19. The Kier molecular flexibility index (Phi) is 2.47. The van der Waals surface area contributed by atoms with E-state index in [4.69, 9.17) is 11.5 Å². The summed E-state index contributed by atoms with van der Waals surface area (Å²) in [6.07, 6.45) is 4.38. The second-order valence-corrected chi connectivity index (χ2v) is 3.09. The fourth-order valence-corrected chi connectivity index (χ4v) is 1.24. The number of hydrogen-bond donors (Lipinski definition) is 2. The predicted octanol–water partition coefficient (Wildman–Crippen LogP) is 0.267. The van der Waals surface area contributed by atoms with Crippen molar-refractivity contribution in [3.8, 4) is 0 Å². The molecule has 2 aromatic rings. The summed E-state index contributed by atoms with van der Waals surface area (Å²) in [6.45, 7) is 0. The molecule has 2 rings (SSSR count). The molecule has 0 amide bonds. The number of anilines is 2. The predicted molar refractivity (Wildman–Crippen MR) is 58.5 cm³/mol. The van der Waals surface area contributed by atoms with Crippen molar-refractivity contribution >= 4 is 17.5 Å². The van der Waals surface area contributed by atoms with Crippen LogP contribution in [0.25, 0.3) is 0 Å². The second-order valence-electron chi connectivity index (χ2n) is 3.09. The highest BCUT2D eigenvalue weighted by Crippen LogP contribution is 2.13. The molecular weight excluding hydrogens is 206 g/mol. The standard InChI is InChI=1S/C10H9N5O/c11-9-7(5-14-10(12)15-9)8(16)6-1-3-13-4-2-6/h1-5H,(H4,11,12,14,15). The van der Waals surface area contributed by atoms with Gasteiger partial charge in [0.05, 0.1) is 5.56 Å². The second kappa shape index (κ2) is 3.93. The van der Waals surface area contributed by atoms with Gasteiger partial charge in [-0.05, 0) is 12.1 Å². The Morgan fingerprint density at radius 3 is 2.50 bits per heavy atom. The minimum atomic E-state index is -0.250. The van der Waals surface area contributed by atoms with Crippen molar-refractivity contribution in [2.75, 3.05) is 11.5 Å². The first-order valence-corrected chi connectivity index (χ1v) is 4.51. The van der Waals surface area contributed by atoms with Crippen LogP contribution in [0.4, 0.5) is 11.8 Å². The van der Waals surface area contributed by atoms with Gasteiger partial charge < -0.3 is 11.5 Å². The van der Waals surface area contributed by atoms with Gasteiger partial charge in [-0.3, -0.25) is 9.78 Å². The van der Waals surface area contributed by atoms with E-state index in [9.17, 15) is 4.79 Å². The van der Waals surface area contributed by atoms with Gasteiger partial charge in [0.25, 0.3) is 0 Å². The third-order valence-electron chi connectivity index (χ3n) is 2.02. The number of nitrogens with zero attached hydrogens (tertiary/aromatic N) is 3. The average molecular weight is 215 g/mol. The van der Waals surface area contributed by atoms with Crippen LogP contribution in [-0.2, 0) is 0 Å². The van der Waals surface area contributed by atoms with E-state index in [1.165, 1.54) is 18.6 Å². The van der Waals surface area contributed by atoms with E-state index < -0.39 is 0 Å². The first-order chi connectivity index (χ1) is 7.68. The van der Waals surface area contributed by atoms with E-state index >= 15 is 0 Å². The van der Waals surface area contributed by atoms with E-state index in [2.05, 4.69) is 15.0 Å². The Morgan fingerprint density at radius 1 is 1.19 bits per heavy atom. The molecule has 2 heterocycles. The molecule has 0 aliphatic rings. The molecule has 0 aliphatic heterocycles. The summed E-state index contributed by atoms with van der Waals surface area (Å²) in [7, 11) is 0. The Labute approximate surface area is 91.4 Å². The van der Waals surface area contributed by atoms with Crippen molar-refractivity contribution < 1.29 is 4.79 Å². The van der Waals surface area contributed by atoms with Crippen LogP contribution in [-0.4, -0.2) is 20.7 Å². The van der Waals surface area contributed by atoms with Crippen molar-refractivity contribution in [2.45, 2.75) is 0 Å². The zero-order chi connectivity index (χ0) is 11.5. The fourth-order valence-electron chi connectivity index (χ4n) is 1.24. The van der Waals surface area contributed by atoms with Crippen molar-refractivity contribution in [3.63, 3.8) is 0 Å². The van der Waals surface area contributed by atoms with Crippen molar-refractivity contribution in [2.24, 2.45) is 0 Å². The van der Waals surface area contributed by atoms with Crippen molar-refractivity contribution in [1.82, 2.24) is 15.0 Å². The highest BCUT2D eigenvalue weighted by molar-refractivity contribution is 6.11. The molecule has 0 spiro atoms. The quantitative estimate of drug-likeness (QED) is 0.696. The summed E-state index contributed by atoms with van der Waals surface area (Å²) in [5.74, 6) is -0.127. The summed E-state index contributed by atoms with van der Waals surface area (Å²) < 4.78 is 0. The third-order valence-corrected chi connectivity index (χ3v) is 2.02. The number of carbonyl (C=O) groups excluding carboxylic acids is 1. The minimum absolute atomic E-state index is 0.0452. The number of aromatic nitrogens is 3. The molecule has 16 heavy (non-hydrogen) atoms. The van der Waals surface area contributed by atoms with E-state index in [0.717, 1.165) is 0 Å². The maximum Gasteiger partial charge on any atom is 0.221 e. The molecule has 2 aromatic heterocycles. The van der Waals surface area contributed by atoms with Crippen LogP contribution in [0.2, 0.25) is 0 Å². The SMILES string of the molecule is Nc1ncc(C(=O)c2ccncc2)c(N)n1. The largest absolute Gasteiger partial charge is 0.383 e. The van der Waals surface area contributed by atoms with Crippen LogP contribution in [0.1, 0.15) is 15.9 Å². The Hall–Kier alpha value is -2.50. The Balaban J connectivity index is 2.42. The molecule has 6 heteroatoms. The van der Waals surface area contributed by atoms with Gasteiger partial charge in [-0.2, -0.15) is 4.98 Å². The first kappa shape index (κ1) is 10.0. The van der Waals surface area contributed by atoms with E-state index in [-0.39, 0.29) is 23.1 Å². The minimum Gasteiger partial charge on any atom is -0.383 e. The van der Waals surface area contributed by atoms with Gasteiger partial charge in [0.15, 0.2) is 5.78 Å². The van der Waals surface area contributed by atoms with Crippen molar-refractivity contribution in [3.05, 3.63) is 41.9 Å². The van der Waals surface area contributed by atoms with Gasteiger partial charge in [0, 0.05) is 24.2 Å². The lowest BCUT2D eigenvalue weighted by atomic mass is 10.1. The van der Waals surface area contributed by atoms with Crippen LogP contribution in [0.15, 0.2) is 30.7 Å². The number of ketones is 1. The summed E-state index contributed by atoms with van der Waals surface area (Å²) in [4.78, 5) is 23.2. The van der Waals surface area contributed by atoms with Gasteiger partial charge in [-0.25, -0.2) is 4.98 Å². The normalized spacial score (nSPS) is 10.0. The molecule has 0 fully saturated rings. The molecule has 0 saturated heterocycles. The molecule has 0 aromatic carbocycles. The number of carbonyl (C=O) groups is 1. The zero-order valence-electron chi connectivity index (χ0n) is 8.29.